The van der Waals surface area contributed by atoms with E-state index < -0.39 is 0 Å². The first-order valence-electron chi connectivity index (χ1n) is 8.13. The highest BCUT2D eigenvalue weighted by Gasteiger charge is 2.20. The lowest BCUT2D eigenvalue weighted by molar-refractivity contribution is 0.783. The lowest BCUT2D eigenvalue weighted by Crippen LogP contribution is -2.29. The third-order valence-corrected chi connectivity index (χ3v) is 4.47. The molecule has 5 rings (SSSR count). The van der Waals surface area contributed by atoms with E-state index in [1.165, 1.54) is 0 Å². The van der Waals surface area contributed by atoms with Crippen molar-refractivity contribution in [2.45, 2.75) is 12.5 Å². The van der Waals surface area contributed by atoms with Crippen molar-refractivity contribution in [1.29, 1.82) is 0 Å². The van der Waals surface area contributed by atoms with Gasteiger partial charge in [0.1, 0.15) is 0 Å². The molecule has 8 bridgehead atoms. The van der Waals surface area contributed by atoms with Crippen molar-refractivity contribution >= 4 is 23.2 Å². The summed E-state index contributed by atoms with van der Waals surface area (Å²) in [5, 5.41) is 5.59. The van der Waals surface area contributed by atoms with Gasteiger partial charge >= 0.3 is 0 Å². The van der Waals surface area contributed by atoms with Gasteiger partial charge in [-0.2, -0.15) is 0 Å². The minimum Gasteiger partial charge on any atom is -0.377 e. The molecule has 4 aliphatic rings. The fourth-order valence-corrected chi connectivity index (χ4v) is 3.19. The molecule has 24 heavy (non-hydrogen) atoms. The second-order valence-electron chi connectivity index (χ2n) is 6.14. The molecule has 0 aromatic carbocycles. The largest absolute Gasteiger partial charge is 0.377 e. The Morgan fingerprint density at radius 1 is 0.917 bits per heavy atom. The van der Waals surface area contributed by atoms with E-state index in [1.807, 2.05) is 24.3 Å². The molecule has 1 unspecified atom stereocenters. The van der Waals surface area contributed by atoms with E-state index in [1.54, 1.807) is 0 Å². The topological polar surface area (TPSA) is 52.5 Å². The average Bonchev–Trinajstić information content (AvgIpc) is 3.37. The Kier molecular flexibility index (Phi) is 2.88. The first-order chi connectivity index (χ1) is 11.8. The molecule has 0 fully saturated rings. The second kappa shape index (κ2) is 5.20. The lowest BCUT2D eigenvalue weighted by atomic mass is 10.1. The molecule has 0 aliphatic carbocycles. The Bertz CT molecular complexity index is 1050. The summed E-state index contributed by atoms with van der Waals surface area (Å²) in [6.07, 6.45) is 19.6. The first-order valence-corrected chi connectivity index (χ1v) is 8.13. The molecule has 116 valence electrons. The van der Waals surface area contributed by atoms with E-state index in [4.69, 9.17) is 4.99 Å². The number of aromatic nitrogens is 1. The van der Waals surface area contributed by atoms with E-state index >= 15 is 0 Å². The molecule has 0 radical (unpaired) electrons. The third kappa shape index (κ3) is 2.33. The molecular weight excluding hydrogens is 296 g/mol. The van der Waals surface area contributed by atoms with Gasteiger partial charge in [0, 0.05) is 11.0 Å². The number of H-pyrrole nitrogens is 1. The van der Waals surface area contributed by atoms with Crippen LogP contribution in [0.25, 0.3) is 11.8 Å². The predicted octanol–water partition coefficient (Wildman–Crippen LogP) is 1.62. The Morgan fingerprint density at radius 2 is 1.88 bits per heavy atom. The molecule has 4 nitrogen and oxygen atoms in total. The number of nitrogens with one attached hydrogen (secondary N) is 2. The van der Waals surface area contributed by atoms with Gasteiger partial charge in [0.05, 0.1) is 34.2 Å². The monoisotopic (exact) mass is 312 g/mol. The first kappa shape index (κ1) is 13.3. The highest BCUT2D eigenvalue weighted by molar-refractivity contribution is 6.10. The van der Waals surface area contributed by atoms with Gasteiger partial charge in [-0.05, 0) is 67.2 Å². The molecule has 1 atom stereocenters. The molecule has 0 saturated heterocycles. The van der Waals surface area contributed by atoms with Gasteiger partial charge in [0.2, 0.25) is 0 Å². The van der Waals surface area contributed by atoms with Crippen molar-refractivity contribution in [3.63, 3.8) is 0 Å². The van der Waals surface area contributed by atoms with Crippen molar-refractivity contribution in [2.24, 2.45) is 9.98 Å². The maximum atomic E-state index is 4.72. The van der Waals surface area contributed by atoms with Crippen LogP contribution >= 0.6 is 0 Å². The molecule has 5 heterocycles. The van der Waals surface area contributed by atoms with Crippen LogP contribution in [0.2, 0.25) is 0 Å². The molecule has 1 aromatic rings. The summed E-state index contributed by atoms with van der Waals surface area (Å²) in [5.41, 5.74) is 5.11. The van der Waals surface area contributed by atoms with Crippen molar-refractivity contribution in [3.05, 3.63) is 82.8 Å². The van der Waals surface area contributed by atoms with Crippen LogP contribution in [0.3, 0.4) is 0 Å². The fourth-order valence-electron chi connectivity index (χ4n) is 3.19. The van der Waals surface area contributed by atoms with Crippen LogP contribution in [0.5, 0.6) is 0 Å². The highest BCUT2D eigenvalue weighted by atomic mass is 15.0. The minimum atomic E-state index is 0.250. The summed E-state index contributed by atoms with van der Waals surface area (Å²) in [7, 11) is 0. The van der Waals surface area contributed by atoms with Crippen molar-refractivity contribution in [1.82, 2.24) is 10.3 Å². The molecule has 2 N–H and O–H groups in total. The average molecular weight is 312 g/mol. The van der Waals surface area contributed by atoms with Crippen molar-refractivity contribution < 1.29 is 0 Å². The summed E-state index contributed by atoms with van der Waals surface area (Å²) in [5.74, 6) is 0. The summed E-state index contributed by atoms with van der Waals surface area (Å²) < 4.78 is 0. The molecule has 4 aliphatic heterocycles. The predicted molar refractivity (Wildman–Crippen MR) is 97.9 cm³/mol. The number of fused-ring (bicyclic) bond motifs is 7. The van der Waals surface area contributed by atoms with Crippen LogP contribution in [-0.2, 0) is 0 Å². The molecule has 0 amide bonds. The van der Waals surface area contributed by atoms with E-state index in [0.29, 0.717) is 0 Å². The lowest BCUT2D eigenvalue weighted by Gasteiger charge is -2.10. The van der Waals surface area contributed by atoms with Gasteiger partial charge in [-0.3, -0.25) is 4.99 Å². The Morgan fingerprint density at radius 3 is 2.88 bits per heavy atom. The summed E-state index contributed by atoms with van der Waals surface area (Å²) in [6, 6.07) is 4.37. The van der Waals surface area contributed by atoms with Crippen molar-refractivity contribution in [3.8, 4) is 0 Å². The number of rotatable bonds is 0. The fraction of sp³-hybridized carbons (Fsp3) is 0.100. The SMILES string of the molecule is C1=C/C2=c3\cc/c([nH]3)=C/C=C3/C=CC(=N3)C3CC=C(/C=C\C1=N2)N3. The summed E-state index contributed by atoms with van der Waals surface area (Å²) >= 11 is 0. The standard InChI is InChI=1S/C20H16N4/c1-2-14-6-10-19(22-14)20-12-8-16(24-20)4-3-15-7-11-18(23-15)17-9-5-13(1)21-17/h1-11,20-21,24H,12H2/b4-3-,13-1-,14-2-,18-17-. The maximum Gasteiger partial charge on any atom is 0.0872 e. The number of hydrogen-bond acceptors (Lipinski definition) is 3. The van der Waals surface area contributed by atoms with Gasteiger partial charge in [-0.1, -0.05) is 6.08 Å². The number of aliphatic imine (C=N–C) groups is 2. The Labute approximate surface area is 139 Å². The van der Waals surface area contributed by atoms with Crippen LogP contribution in [-0.4, -0.2) is 22.4 Å². The zero-order chi connectivity index (χ0) is 15.9. The Hall–Kier alpha value is -3.14. The normalized spacial score (nSPS) is 30.7. The van der Waals surface area contributed by atoms with E-state index in [2.05, 4.69) is 57.8 Å². The summed E-state index contributed by atoms with van der Waals surface area (Å²) in [4.78, 5) is 12.8. The number of hydrogen-bond donors (Lipinski definition) is 2. The number of nitrogens with zero attached hydrogens (tertiary/aromatic N) is 2. The van der Waals surface area contributed by atoms with Gasteiger partial charge in [-0.15, -0.1) is 0 Å². The minimum absolute atomic E-state index is 0.250. The quantitative estimate of drug-likeness (QED) is 0.751. The number of aromatic amines is 1. The van der Waals surface area contributed by atoms with Crippen LogP contribution < -0.4 is 16.0 Å². The van der Waals surface area contributed by atoms with Gasteiger partial charge in [0.15, 0.2) is 0 Å². The van der Waals surface area contributed by atoms with Crippen LogP contribution in [0.1, 0.15) is 6.42 Å². The molecular formula is C20H16N4. The van der Waals surface area contributed by atoms with Gasteiger partial charge in [-0.25, -0.2) is 4.99 Å². The Balaban J connectivity index is 1.66. The summed E-state index contributed by atoms with van der Waals surface area (Å²) in [6.45, 7) is 0. The smallest absolute Gasteiger partial charge is 0.0872 e. The number of allylic oxidation sites excluding steroid dienone is 5. The molecule has 1 aromatic heterocycles. The molecule has 0 spiro atoms. The van der Waals surface area contributed by atoms with Gasteiger partial charge in [0.25, 0.3) is 0 Å². The molecule has 0 saturated carbocycles. The molecule has 4 heteroatoms. The van der Waals surface area contributed by atoms with Crippen LogP contribution in [0, 0.1) is 0 Å². The highest BCUT2D eigenvalue weighted by Crippen LogP contribution is 2.18. The van der Waals surface area contributed by atoms with E-state index in [0.717, 1.165) is 45.6 Å². The van der Waals surface area contributed by atoms with E-state index in [9.17, 15) is 0 Å². The van der Waals surface area contributed by atoms with E-state index in [-0.39, 0.29) is 6.04 Å². The second-order valence-corrected chi connectivity index (χ2v) is 6.14. The van der Waals surface area contributed by atoms with Gasteiger partial charge < -0.3 is 10.3 Å². The van der Waals surface area contributed by atoms with Crippen LogP contribution in [0.15, 0.2) is 82.1 Å². The zero-order valence-electron chi connectivity index (χ0n) is 13.0. The van der Waals surface area contributed by atoms with Crippen LogP contribution in [0.4, 0.5) is 0 Å². The van der Waals surface area contributed by atoms with Crippen molar-refractivity contribution in [2.75, 3.05) is 0 Å². The third-order valence-electron chi connectivity index (χ3n) is 4.47. The zero-order valence-corrected chi connectivity index (χ0v) is 13.0. The maximum absolute atomic E-state index is 4.72.